The molecular formula is C47H68N14O13S. The van der Waals surface area contributed by atoms with Crippen LogP contribution in [-0.2, 0) is 65.6 Å². The molecule has 28 heteroatoms. The summed E-state index contributed by atoms with van der Waals surface area (Å²) >= 11 is 1.14. The van der Waals surface area contributed by atoms with E-state index in [9.17, 15) is 57.8 Å². The summed E-state index contributed by atoms with van der Waals surface area (Å²) in [4.78, 5) is 149. The number of carboxylic acids is 1. The van der Waals surface area contributed by atoms with Crippen LogP contribution in [0.5, 0.6) is 5.75 Å². The zero-order chi connectivity index (χ0) is 55.6. The minimum absolute atomic E-state index is 0.00189. The number of hydrogen-bond donors (Lipinski definition) is 14. The van der Waals surface area contributed by atoms with Gasteiger partial charge < -0.3 is 81.4 Å². The molecule has 20 N–H and O–H groups in total. The Bertz CT molecular complexity index is 2360. The molecule has 0 aromatic heterocycles. The first-order valence-corrected chi connectivity index (χ1v) is 25.1. The number of carboxylic acid groups (broad SMARTS) is 1. The first-order valence-electron chi connectivity index (χ1n) is 23.9. The van der Waals surface area contributed by atoms with E-state index in [4.69, 9.17) is 39.5 Å². The van der Waals surface area contributed by atoms with E-state index in [0.29, 0.717) is 17.5 Å². The van der Waals surface area contributed by atoms with Crippen molar-refractivity contribution < 1.29 is 63.0 Å². The predicted molar refractivity (Wildman–Crippen MR) is 273 cm³/mol. The highest BCUT2D eigenvalue weighted by molar-refractivity contribution is 7.99. The van der Waals surface area contributed by atoms with Crippen molar-refractivity contribution in [1.82, 2.24) is 36.8 Å². The van der Waals surface area contributed by atoms with Crippen molar-refractivity contribution >= 4 is 82.8 Å². The SMILES string of the molecule is NC(=O)CC[C@H](NC(=O)[C@H](Cc1ccccc1)NC(=O)[C@@H](N)Cc1ccc(O)cc1)C(=O)N[C@@H](CC(N)=O)C(=O)N[C@@H](CCSCCC(=O)O)C(=O)N1CCC[C@H]1C(=O)N[C@@H](CCCN=C(N)N)C(=O)NCC(N)=O. The van der Waals surface area contributed by atoms with Gasteiger partial charge in [-0.2, -0.15) is 11.8 Å². The van der Waals surface area contributed by atoms with E-state index in [0.717, 1.165) is 11.8 Å². The fourth-order valence-corrected chi connectivity index (χ4v) is 8.59. The van der Waals surface area contributed by atoms with Gasteiger partial charge in [-0.1, -0.05) is 42.5 Å². The van der Waals surface area contributed by atoms with Gasteiger partial charge in [-0.15, -0.1) is 0 Å². The van der Waals surface area contributed by atoms with Gasteiger partial charge >= 0.3 is 5.97 Å². The van der Waals surface area contributed by atoms with Gasteiger partial charge in [0.15, 0.2) is 5.96 Å². The largest absolute Gasteiger partial charge is 0.508 e. The number of thioether (sulfide) groups is 1. The topological polar surface area (TPSA) is 472 Å². The molecule has 2 aromatic rings. The van der Waals surface area contributed by atoms with Crippen molar-refractivity contribution in [2.24, 2.45) is 39.4 Å². The average Bonchev–Trinajstić information content (AvgIpc) is 3.85. The number of likely N-dealkylation sites (tertiary alicyclic amines) is 1. The maximum Gasteiger partial charge on any atom is 0.304 e. The minimum Gasteiger partial charge on any atom is -0.508 e. The maximum absolute atomic E-state index is 14.4. The molecule has 75 heavy (non-hydrogen) atoms. The lowest BCUT2D eigenvalue weighted by atomic mass is 10.0. The third-order valence-electron chi connectivity index (χ3n) is 11.5. The van der Waals surface area contributed by atoms with E-state index in [1.165, 1.54) is 17.0 Å². The second kappa shape index (κ2) is 31.6. The molecule has 0 unspecified atom stereocenters. The van der Waals surface area contributed by atoms with Gasteiger partial charge in [-0.25, -0.2) is 0 Å². The number of phenols is 1. The van der Waals surface area contributed by atoms with Crippen LogP contribution < -0.4 is 66.3 Å². The van der Waals surface area contributed by atoms with Crippen molar-refractivity contribution in [2.75, 3.05) is 31.1 Å². The third kappa shape index (κ3) is 22.7. The van der Waals surface area contributed by atoms with Crippen molar-refractivity contribution in [1.29, 1.82) is 0 Å². The highest BCUT2D eigenvalue weighted by atomic mass is 32.2. The minimum atomic E-state index is -1.81. The molecule has 2 aromatic carbocycles. The first kappa shape index (κ1) is 61.3. The Morgan fingerprint density at radius 1 is 0.640 bits per heavy atom. The van der Waals surface area contributed by atoms with Gasteiger partial charge in [-0.3, -0.25) is 57.7 Å². The lowest BCUT2D eigenvalue weighted by Crippen LogP contribution is -2.60. The highest BCUT2D eigenvalue weighted by Gasteiger charge is 2.40. The monoisotopic (exact) mass is 1070 g/mol. The van der Waals surface area contributed by atoms with Gasteiger partial charge in [0.25, 0.3) is 0 Å². The third-order valence-corrected chi connectivity index (χ3v) is 12.5. The molecule has 1 aliphatic rings. The highest BCUT2D eigenvalue weighted by Crippen LogP contribution is 2.21. The zero-order valence-corrected chi connectivity index (χ0v) is 42.0. The van der Waals surface area contributed by atoms with E-state index in [1.54, 1.807) is 42.5 Å². The number of rotatable bonds is 33. The zero-order valence-electron chi connectivity index (χ0n) is 41.2. The standard InChI is InChI=1S/C47H68N14O13S/c48-29(22-27-10-12-28(62)13-11-27)40(68)59-33(23-26-6-2-1-3-7-26)43(71)56-31(14-15-36(49)63)42(70)60-34(24-37(50)64)44(72)58-32(16-20-75-21-17-39(66)67)46(74)61-19-5-9-35(61)45(73)57-30(8-4-18-54-47(52)53)41(69)55-25-38(51)65/h1-3,6-7,10-13,29-35,62H,4-5,8-9,14-25,48H2,(H2,49,63)(H2,50,64)(H2,51,65)(H,55,69)(H,56,71)(H,57,73)(H,58,72)(H,59,68)(H,60,70)(H,66,67)(H4,52,53,54)/t29-,30-,31-,32-,33-,34-,35-/m0/s1. The summed E-state index contributed by atoms with van der Waals surface area (Å²) in [6.45, 7) is -0.433. The maximum atomic E-state index is 14.4. The molecule has 3 rings (SSSR count). The Labute approximate surface area is 436 Å². The van der Waals surface area contributed by atoms with Crippen molar-refractivity contribution in [3.8, 4) is 5.75 Å². The number of nitrogens with one attached hydrogen (secondary N) is 6. The number of nitrogens with two attached hydrogens (primary N) is 6. The summed E-state index contributed by atoms with van der Waals surface area (Å²) in [7, 11) is 0. The second-order valence-electron chi connectivity index (χ2n) is 17.5. The molecule has 0 aliphatic carbocycles. The number of nitrogens with zero attached hydrogens (tertiary/aromatic N) is 2. The summed E-state index contributed by atoms with van der Waals surface area (Å²) in [6.07, 6.45) is -1.54. The molecule has 0 bridgehead atoms. The number of aromatic hydroxyl groups is 1. The molecule has 10 amide bonds. The van der Waals surface area contributed by atoms with Gasteiger partial charge in [0.1, 0.15) is 42.0 Å². The quantitative estimate of drug-likeness (QED) is 0.0181. The van der Waals surface area contributed by atoms with Crippen molar-refractivity contribution in [3.05, 3.63) is 65.7 Å². The molecule has 410 valence electrons. The number of carbonyl (C=O) groups is 11. The molecule has 1 saturated heterocycles. The normalized spacial score (nSPS) is 15.3. The van der Waals surface area contributed by atoms with Crippen LogP contribution in [0.15, 0.2) is 59.6 Å². The van der Waals surface area contributed by atoms with Crippen LogP contribution >= 0.6 is 11.8 Å². The van der Waals surface area contributed by atoms with E-state index in [2.05, 4.69) is 36.9 Å². The Hall–Kier alpha value is -8.01. The molecule has 7 atom stereocenters. The number of benzene rings is 2. The number of hydrogen-bond acceptors (Lipinski definition) is 15. The molecule has 27 nitrogen and oxygen atoms in total. The average molecular weight is 1070 g/mol. The lowest BCUT2D eigenvalue weighted by Gasteiger charge is -2.31. The van der Waals surface area contributed by atoms with Gasteiger partial charge in [-0.05, 0) is 74.0 Å². The number of amides is 10. The number of guanidine groups is 1. The Balaban J connectivity index is 1.89. The van der Waals surface area contributed by atoms with E-state index in [-0.39, 0.29) is 81.3 Å². The Kier molecular flexibility index (Phi) is 25.8. The van der Waals surface area contributed by atoms with E-state index >= 15 is 0 Å². The summed E-state index contributed by atoms with van der Waals surface area (Å²) < 4.78 is 0. The number of aliphatic imine (C=N–C) groups is 1. The Morgan fingerprint density at radius 2 is 1.24 bits per heavy atom. The molecular weight excluding hydrogens is 1000 g/mol. The van der Waals surface area contributed by atoms with E-state index < -0.39 is 133 Å². The molecule has 1 heterocycles. The Morgan fingerprint density at radius 3 is 1.87 bits per heavy atom. The molecule has 1 fully saturated rings. The van der Waals surface area contributed by atoms with E-state index in [1.807, 2.05) is 0 Å². The van der Waals surface area contributed by atoms with Gasteiger partial charge in [0.2, 0.25) is 59.1 Å². The number of aliphatic carboxylic acids is 1. The summed E-state index contributed by atoms with van der Waals surface area (Å²) in [5, 5.41) is 33.8. The summed E-state index contributed by atoms with van der Waals surface area (Å²) in [6, 6.07) is 4.62. The van der Waals surface area contributed by atoms with Gasteiger partial charge in [0, 0.05) is 31.7 Å². The fraction of sp³-hybridized carbons (Fsp3) is 0.489. The summed E-state index contributed by atoms with van der Waals surface area (Å²) in [5.41, 5.74) is 34.3. The lowest BCUT2D eigenvalue weighted by molar-refractivity contribution is -0.142. The molecule has 0 saturated carbocycles. The first-order chi connectivity index (χ1) is 35.5. The number of primary amides is 3. The summed E-state index contributed by atoms with van der Waals surface area (Å²) in [5.74, 6) is -10.0. The van der Waals surface area contributed by atoms with Crippen LogP contribution in [-0.4, -0.2) is 160 Å². The smallest absolute Gasteiger partial charge is 0.304 e. The fourth-order valence-electron chi connectivity index (χ4n) is 7.66. The van der Waals surface area contributed by atoms with Crippen LogP contribution in [0.25, 0.3) is 0 Å². The second-order valence-corrected chi connectivity index (χ2v) is 18.7. The van der Waals surface area contributed by atoms with Gasteiger partial charge in [0.05, 0.1) is 25.4 Å². The van der Waals surface area contributed by atoms with Crippen LogP contribution in [0.3, 0.4) is 0 Å². The van der Waals surface area contributed by atoms with Crippen LogP contribution in [0.2, 0.25) is 0 Å². The van der Waals surface area contributed by atoms with Crippen molar-refractivity contribution in [3.63, 3.8) is 0 Å². The molecule has 1 aliphatic heterocycles. The molecule has 0 spiro atoms. The predicted octanol–water partition coefficient (Wildman–Crippen LogP) is -4.69. The van der Waals surface area contributed by atoms with Crippen molar-refractivity contribution in [2.45, 2.75) is 113 Å². The number of phenolic OH excluding ortho intramolecular Hbond substituents is 1. The van der Waals surface area contributed by atoms with Crippen LogP contribution in [0, 0.1) is 0 Å². The van der Waals surface area contributed by atoms with Crippen LogP contribution in [0.4, 0.5) is 0 Å². The number of carbonyl (C=O) groups excluding carboxylic acids is 10. The molecule has 0 radical (unpaired) electrons. The van der Waals surface area contributed by atoms with Crippen LogP contribution in [0.1, 0.15) is 68.9 Å².